The number of benzene rings is 1. The summed E-state index contributed by atoms with van der Waals surface area (Å²) in [6.45, 7) is 1.05. The summed E-state index contributed by atoms with van der Waals surface area (Å²) in [6, 6.07) is 4.54. The summed E-state index contributed by atoms with van der Waals surface area (Å²) in [6.07, 6.45) is 0.655. The minimum Gasteiger partial charge on any atom is -0.346 e. The van der Waals surface area contributed by atoms with Crippen LogP contribution < -0.4 is 0 Å². The highest BCUT2D eigenvalue weighted by Gasteiger charge is 2.21. The first-order valence-corrected chi connectivity index (χ1v) is 6.98. The van der Waals surface area contributed by atoms with Gasteiger partial charge in [0.15, 0.2) is 16.1 Å². The second kappa shape index (κ2) is 4.33. The normalized spacial score (nSPS) is 17.9. The highest BCUT2D eigenvalue weighted by atomic mass is 35.5. The summed E-state index contributed by atoms with van der Waals surface area (Å²) < 4.78 is 33.2. The molecule has 16 heavy (non-hydrogen) atoms. The Kier molecular flexibility index (Phi) is 3.21. The van der Waals surface area contributed by atoms with Crippen LogP contribution in [0.5, 0.6) is 0 Å². The summed E-state index contributed by atoms with van der Waals surface area (Å²) in [4.78, 5) is 0.194. The lowest BCUT2D eigenvalue weighted by molar-refractivity contribution is -0.0440. The maximum absolute atomic E-state index is 11.3. The van der Waals surface area contributed by atoms with Gasteiger partial charge < -0.3 is 9.47 Å². The zero-order valence-corrected chi connectivity index (χ0v) is 10.2. The predicted octanol–water partition coefficient (Wildman–Crippen LogP) is 1.79. The summed E-state index contributed by atoms with van der Waals surface area (Å²) in [5, 5.41) is 0.342. The molecule has 1 aliphatic heterocycles. The van der Waals surface area contributed by atoms with E-state index in [9.17, 15) is 8.42 Å². The molecule has 0 atom stereocenters. The highest BCUT2D eigenvalue weighted by molar-refractivity contribution is 7.90. The van der Waals surface area contributed by atoms with E-state index in [0.29, 0.717) is 23.8 Å². The Morgan fingerprint density at radius 1 is 1.31 bits per heavy atom. The van der Waals surface area contributed by atoms with E-state index >= 15 is 0 Å². The highest BCUT2D eigenvalue weighted by Crippen LogP contribution is 2.31. The van der Waals surface area contributed by atoms with Crippen molar-refractivity contribution in [2.75, 3.05) is 19.5 Å². The molecule has 0 amide bonds. The predicted molar refractivity (Wildman–Crippen MR) is 59.2 cm³/mol. The number of ether oxygens (including phenoxy) is 2. The maximum Gasteiger partial charge on any atom is 0.185 e. The van der Waals surface area contributed by atoms with Crippen LogP contribution in [0.15, 0.2) is 23.1 Å². The van der Waals surface area contributed by atoms with E-state index in [4.69, 9.17) is 21.1 Å². The van der Waals surface area contributed by atoms with Crippen LogP contribution in [0.3, 0.4) is 0 Å². The van der Waals surface area contributed by atoms with Gasteiger partial charge in [-0.05, 0) is 12.1 Å². The first kappa shape index (κ1) is 11.9. The Morgan fingerprint density at radius 2 is 1.94 bits per heavy atom. The molecule has 2 rings (SSSR count). The van der Waals surface area contributed by atoms with Crippen LogP contribution in [0.2, 0.25) is 5.02 Å². The fourth-order valence-corrected chi connectivity index (χ4v) is 2.45. The van der Waals surface area contributed by atoms with Gasteiger partial charge in [0.05, 0.1) is 23.1 Å². The van der Waals surface area contributed by atoms with E-state index in [1.54, 1.807) is 6.07 Å². The van der Waals surface area contributed by atoms with Gasteiger partial charge in [0.1, 0.15) is 0 Å². The van der Waals surface area contributed by atoms with E-state index in [0.717, 1.165) is 6.26 Å². The van der Waals surface area contributed by atoms with Crippen molar-refractivity contribution in [3.8, 4) is 0 Å². The monoisotopic (exact) mass is 262 g/mol. The van der Waals surface area contributed by atoms with E-state index < -0.39 is 16.1 Å². The Balaban J connectivity index is 2.37. The summed E-state index contributed by atoms with van der Waals surface area (Å²) in [7, 11) is -3.23. The molecule has 0 bridgehead atoms. The fourth-order valence-electron chi connectivity index (χ4n) is 1.47. The Labute approximate surface area is 99.0 Å². The molecule has 1 saturated heterocycles. The Morgan fingerprint density at radius 3 is 2.44 bits per heavy atom. The fraction of sp³-hybridized carbons (Fsp3) is 0.400. The molecule has 88 valence electrons. The lowest BCUT2D eigenvalue weighted by atomic mass is 10.2. The summed E-state index contributed by atoms with van der Waals surface area (Å²) >= 11 is 5.99. The Bertz CT molecular complexity index is 492. The van der Waals surface area contributed by atoms with E-state index in [1.165, 1.54) is 12.1 Å². The summed E-state index contributed by atoms with van der Waals surface area (Å²) in [5.74, 6) is 0. The van der Waals surface area contributed by atoms with Gasteiger partial charge in [0.2, 0.25) is 0 Å². The van der Waals surface area contributed by atoms with Gasteiger partial charge in [-0.2, -0.15) is 0 Å². The van der Waals surface area contributed by atoms with Gasteiger partial charge >= 0.3 is 0 Å². The second-order valence-electron chi connectivity index (χ2n) is 3.53. The van der Waals surface area contributed by atoms with Crippen molar-refractivity contribution >= 4 is 21.4 Å². The first-order valence-electron chi connectivity index (χ1n) is 4.71. The molecule has 0 N–H and O–H groups in total. The van der Waals surface area contributed by atoms with Crippen molar-refractivity contribution in [2.24, 2.45) is 0 Å². The van der Waals surface area contributed by atoms with Gasteiger partial charge in [0.25, 0.3) is 0 Å². The molecule has 0 spiro atoms. The molecule has 0 aliphatic carbocycles. The second-order valence-corrected chi connectivity index (χ2v) is 5.95. The number of halogens is 1. The minimum absolute atomic E-state index is 0.194. The molecule has 1 fully saturated rings. The van der Waals surface area contributed by atoms with Gasteiger partial charge in [-0.1, -0.05) is 17.7 Å². The average molecular weight is 263 g/mol. The molecule has 6 heteroatoms. The molecule has 0 aromatic heterocycles. The number of hydrogen-bond acceptors (Lipinski definition) is 4. The van der Waals surface area contributed by atoms with Crippen molar-refractivity contribution in [2.45, 2.75) is 11.2 Å². The van der Waals surface area contributed by atoms with Crippen LogP contribution in [0.4, 0.5) is 0 Å². The standard InChI is InChI=1S/C10H11ClO4S/c1-16(12,13)7-2-3-8(9(11)6-7)10-14-4-5-15-10/h2-3,6,10H,4-5H2,1H3. The third-order valence-corrected chi connectivity index (χ3v) is 3.71. The third kappa shape index (κ3) is 2.38. The zero-order chi connectivity index (χ0) is 11.8. The molecular weight excluding hydrogens is 252 g/mol. The van der Waals surface area contributed by atoms with Gasteiger partial charge in [-0.25, -0.2) is 8.42 Å². The molecule has 1 heterocycles. The van der Waals surface area contributed by atoms with Crippen molar-refractivity contribution in [1.82, 2.24) is 0 Å². The third-order valence-electron chi connectivity index (χ3n) is 2.28. The van der Waals surface area contributed by atoms with E-state index in [1.807, 2.05) is 0 Å². The van der Waals surface area contributed by atoms with Crippen LogP contribution in [0.1, 0.15) is 11.9 Å². The number of sulfone groups is 1. The lowest BCUT2D eigenvalue weighted by Gasteiger charge is -2.11. The van der Waals surface area contributed by atoms with E-state index in [2.05, 4.69) is 0 Å². The maximum atomic E-state index is 11.3. The molecule has 1 aromatic carbocycles. The largest absolute Gasteiger partial charge is 0.346 e. The minimum atomic E-state index is -3.23. The average Bonchev–Trinajstić information content (AvgIpc) is 2.69. The van der Waals surface area contributed by atoms with Crippen LogP contribution in [0.25, 0.3) is 0 Å². The van der Waals surface area contributed by atoms with Crippen LogP contribution in [-0.2, 0) is 19.3 Å². The van der Waals surface area contributed by atoms with Crippen molar-refractivity contribution in [3.05, 3.63) is 28.8 Å². The van der Waals surface area contributed by atoms with Gasteiger partial charge in [0, 0.05) is 11.8 Å². The van der Waals surface area contributed by atoms with Crippen LogP contribution in [-0.4, -0.2) is 27.9 Å². The quantitative estimate of drug-likeness (QED) is 0.815. The molecule has 4 nitrogen and oxygen atoms in total. The van der Waals surface area contributed by atoms with Crippen molar-refractivity contribution in [1.29, 1.82) is 0 Å². The topological polar surface area (TPSA) is 52.6 Å². The van der Waals surface area contributed by atoms with Crippen LogP contribution in [0, 0.1) is 0 Å². The Hall–Kier alpha value is -0.620. The molecule has 0 unspecified atom stereocenters. The van der Waals surface area contributed by atoms with Crippen LogP contribution >= 0.6 is 11.6 Å². The van der Waals surface area contributed by atoms with E-state index in [-0.39, 0.29) is 4.90 Å². The summed E-state index contributed by atoms with van der Waals surface area (Å²) in [5.41, 5.74) is 0.659. The first-order chi connectivity index (χ1) is 7.48. The molecule has 1 aliphatic rings. The number of hydrogen-bond donors (Lipinski definition) is 0. The molecular formula is C10H11ClO4S. The van der Waals surface area contributed by atoms with Crippen molar-refractivity contribution < 1.29 is 17.9 Å². The zero-order valence-electron chi connectivity index (χ0n) is 8.64. The lowest BCUT2D eigenvalue weighted by Crippen LogP contribution is -2.02. The molecule has 0 radical (unpaired) electrons. The van der Waals surface area contributed by atoms with Crippen molar-refractivity contribution in [3.63, 3.8) is 0 Å². The van der Waals surface area contributed by atoms with Gasteiger partial charge in [-0.15, -0.1) is 0 Å². The number of rotatable bonds is 2. The SMILES string of the molecule is CS(=O)(=O)c1ccc(C2OCCO2)c(Cl)c1. The molecule has 1 aromatic rings. The van der Waals surface area contributed by atoms with Gasteiger partial charge in [-0.3, -0.25) is 0 Å². The smallest absolute Gasteiger partial charge is 0.185 e. The molecule has 0 saturated carbocycles.